The zero-order chi connectivity index (χ0) is 22.8. The first-order valence-corrected chi connectivity index (χ1v) is 12.6. The van der Waals surface area contributed by atoms with Crippen LogP contribution in [0.3, 0.4) is 0 Å². The molecule has 1 aromatic carbocycles. The Morgan fingerprint density at radius 2 is 2.00 bits per heavy atom. The van der Waals surface area contributed by atoms with Crippen LogP contribution in [-0.2, 0) is 24.2 Å². The highest BCUT2D eigenvalue weighted by atomic mass is 32.1. The first kappa shape index (κ1) is 21.9. The average Bonchev–Trinajstić information content (AvgIpc) is 3.28. The van der Waals surface area contributed by atoms with Crippen LogP contribution in [0, 0.1) is 5.92 Å². The van der Waals surface area contributed by atoms with Gasteiger partial charge < -0.3 is 15.0 Å². The number of ether oxygens (including phenoxy) is 1. The highest BCUT2D eigenvalue weighted by Gasteiger charge is 2.27. The van der Waals surface area contributed by atoms with Crippen molar-refractivity contribution in [2.75, 3.05) is 24.6 Å². The Labute approximate surface area is 196 Å². The average molecular weight is 468 g/mol. The van der Waals surface area contributed by atoms with E-state index in [9.17, 15) is 9.59 Å². The first-order valence-electron chi connectivity index (χ1n) is 11.8. The SMILES string of the molecule is CCOc1ccccc1CNC(=O)C1CCN(c2nn3c(=O)c4c(nc3s2)CCCC4)CC1. The topological polar surface area (TPSA) is 88.8 Å². The molecule has 8 nitrogen and oxygen atoms in total. The smallest absolute Gasteiger partial charge is 0.278 e. The number of fused-ring (bicyclic) bond motifs is 2. The van der Waals surface area contributed by atoms with Gasteiger partial charge in [0, 0.05) is 36.7 Å². The quantitative estimate of drug-likeness (QED) is 0.600. The summed E-state index contributed by atoms with van der Waals surface area (Å²) in [6.45, 7) is 4.49. The lowest BCUT2D eigenvalue weighted by Crippen LogP contribution is -2.40. The van der Waals surface area contributed by atoms with Gasteiger partial charge in [-0.25, -0.2) is 4.98 Å². The maximum Gasteiger partial charge on any atom is 0.278 e. The summed E-state index contributed by atoms with van der Waals surface area (Å²) in [6, 6.07) is 7.80. The van der Waals surface area contributed by atoms with Gasteiger partial charge in [0.1, 0.15) is 5.75 Å². The van der Waals surface area contributed by atoms with E-state index in [1.165, 1.54) is 15.9 Å². The standard InChI is InChI=1S/C24H29N5O3S/c1-2-32-20-10-6-3-7-17(20)15-25-21(30)16-11-13-28(14-12-16)24-27-29-22(31)18-8-4-5-9-19(18)26-23(29)33-24/h3,6-7,10,16H,2,4-5,8-9,11-15H2,1H3,(H,25,30). The van der Waals surface area contributed by atoms with E-state index in [2.05, 4.69) is 15.3 Å². The van der Waals surface area contributed by atoms with E-state index in [4.69, 9.17) is 9.72 Å². The van der Waals surface area contributed by atoms with Crippen molar-refractivity contribution < 1.29 is 9.53 Å². The molecule has 1 saturated heterocycles. The molecule has 0 radical (unpaired) electrons. The summed E-state index contributed by atoms with van der Waals surface area (Å²) in [5, 5.41) is 8.48. The second-order valence-electron chi connectivity index (χ2n) is 8.65. The summed E-state index contributed by atoms with van der Waals surface area (Å²) >= 11 is 1.47. The number of aromatic nitrogens is 3. The third-order valence-electron chi connectivity index (χ3n) is 6.53. The number of rotatable bonds is 6. The predicted octanol–water partition coefficient (Wildman–Crippen LogP) is 2.96. The number of nitrogens with one attached hydrogen (secondary N) is 1. The second kappa shape index (κ2) is 9.51. The van der Waals surface area contributed by atoms with Gasteiger partial charge in [-0.2, -0.15) is 4.52 Å². The van der Waals surface area contributed by atoms with Crippen LogP contribution in [0.2, 0.25) is 0 Å². The van der Waals surface area contributed by atoms with Gasteiger partial charge in [-0.1, -0.05) is 29.5 Å². The van der Waals surface area contributed by atoms with Crippen molar-refractivity contribution in [3.63, 3.8) is 0 Å². The number of nitrogens with zero attached hydrogens (tertiary/aromatic N) is 4. The third-order valence-corrected chi connectivity index (χ3v) is 7.50. The molecule has 1 aliphatic heterocycles. The van der Waals surface area contributed by atoms with E-state index in [1.807, 2.05) is 31.2 Å². The van der Waals surface area contributed by atoms with E-state index < -0.39 is 0 Å². The Kier molecular flexibility index (Phi) is 6.30. The number of anilines is 1. The molecule has 1 aliphatic carbocycles. The van der Waals surface area contributed by atoms with Crippen LogP contribution in [0.1, 0.15) is 49.4 Å². The summed E-state index contributed by atoms with van der Waals surface area (Å²) in [5.74, 6) is 0.871. The highest BCUT2D eigenvalue weighted by Crippen LogP contribution is 2.28. The molecule has 0 unspecified atom stereocenters. The van der Waals surface area contributed by atoms with Crippen molar-refractivity contribution >= 4 is 27.3 Å². The Balaban J connectivity index is 1.21. The van der Waals surface area contributed by atoms with Crippen LogP contribution in [0.4, 0.5) is 5.13 Å². The van der Waals surface area contributed by atoms with Crippen molar-refractivity contribution in [1.82, 2.24) is 19.9 Å². The van der Waals surface area contributed by atoms with Gasteiger partial charge in [0.25, 0.3) is 5.56 Å². The highest BCUT2D eigenvalue weighted by molar-refractivity contribution is 7.20. The zero-order valence-corrected chi connectivity index (χ0v) is 19.7. The Bertz CT molecular complexity index is 1210. The van der Waals surface area contributed by atoms with E-state index in [1.54, 1.807) is 0 Å². The number of benzene rings is 1. The lowest BCUT2D eigenvalue weighted by Gasteiger charge is -2.30. The molecule has 1 fully saturated rings. The number of hydrogen-bond acceptors (Lipinski definition) is 7. The minimum Gasteiger partial charge on any atom is -0.494 e. The summed E-state index contributed by atoms with van der Waals surface area (Å²) in [5.41, 5.74) is 2.75. The molecular weight excluding hydrogens is 438 g/mol. The molecule has 1 amide bonds. The minimum atomic E-state index is -0.0250. The lowest BCUT2D eigenvalue weighted by molar-refractivity contribution is -0.125. The van der Waals surface area contributed by atoms with E-state index in [0.717, 1.165) is 79.3 Å². The van der Waals surface area contributed by atoms with Crippen LogP contribution in [0.5, 0.6) is 5.75 Å². The van der Waals surface area contributed by atoms with Crippen LogP contribution in [0.25, 0.3) is 4.96 Å². The molecule has 9 heteroatoms. The van der Waals surface area contributed by atoms with Crippen LogP contribution < -0.4 is 20.5 Å². The molecular formula is C24H29N5O3S. The van der Waals surface area contributed by atoms with Gasteiger partial charge in [-0.3, -0.25) is 9.59 Å². The molecule has 33 heavy (non-hydrogen) atoms. The monoisotopic (exact) mass is 467 g/mol. The largest absolute Gasteiger partial charge is 0.494 e. The third kappa shape index (κ3) is 4.46. The van der Waals surface area contributed by atoms with Crippen LogP contribution in [0.15, 0.2) is 29.1 Å². The molecule has 3 aromatic rings. The van der Waals surface area contributed by atoms with E-state index >= 15 is 0 Å². The Hall–Kier alpha value is -2.94. The molecule has 2 aliphatic rings. The van der Waals surface area contributed by atoms with Crippen LogP contribution >= 0.6 is 11.3 Å². The van der Waals surface area contributed by atoms with Crippen molar-refractivity contribution in [3.8, 4) is 5.75 Å². The summed E-state index contributed by atoms with van der Waals surface area (Å²) in [7, 11) is 0. The lowest BCUT2D eigenvalue weighted by atomic mass is 9.96. The fraction of sp³-hybridized carbons (Fsp3) is 0.500. The normalized spacial score (nSPS) is 16.6. The summed E-state index contributed by atoms with van der Waals surface area (Å²) < 4.78 is 7.12. The predicted molar refractivity (Wildman–Crippen MR) is 128 cm³/mol. The number of carbonyl (C=O) groups is 1. The molecule has 2 aromatic heterocycles. The summed E-state index contributed by atoms with van der Waals surface area (Å²) in [6.07, 6.45) is 5.32. The van der Waals surface area contributed by atoms with Crippen molar-refractivity contribution in [3.05, 3.63) is 51.4 Å². The molecule has 174 valence electrons. The molecule has 0 atom stereocenters. The van der Waals surface area contributed by atoms with Gasteiger partial charge in [0.15, 0.2) is 0 Å². The fourth-order valence-corrected chi connectivity index (χ4v) is 5.66. The number of para-hydroxylation sites is 1. The number of amides is 1. The zero-order valence-electron chi connectivity index (χ0n) is 18.9. The van der Waals surface area contributed by atoms with Crippen molar-refractivity contribution in [1.29, 1.82) is 0 Å². The molecule has 0 saturated carbocycles. The second-order valence-corrected chi connectivity index (χ2v) is 9.58. The molecule has 0 spiro atoms. The van der Waals surface area contributed by atoms with Gasteiger partial charge in [0.2, 0.25) is 16.0 Å². The van der Waals surface area contributed by atoms with Gasteiger partial charge in [-0.05, 0) is 51.5 Å². The number of piperidine rings is 1. The van der Waals surface area contributed by atoms with Gasteiger partial charge in [-0.15, -0.1) is 5.10 Å². The van der Waals surface area contributed by atoms with E-state index in [-0.39, 0.29) is 17.4 Å². The number of hydrogen-bond donors (Lipinski definition) is 1. The van der Waals surface area contributed by atoms with Gasteiger partial charge >= 0.3 is 0 Å². The van der Waals surface area contributed by atoms with Crippen molar-refractivity contribution in [2.45, 2.75) is 52.0 Å². The molecule has 3 heterocycles. The molecule has 1 N–H and O–H groups in total. The fourth-order valence-electron chi connectivity index (χ4n) is 4.70. The molecule has 5 rings (SSSR count). The number of aryl methyl sites for hydroxylation is 1. The Morgan fingerprint density at radius 3 is 2.82 bits per heavy atom. The number of carbonyl (C=O) groups excluding carboxylic acids is 1. The maximum atomic E-state index is 12.9. The van der Waals surface area contributed by atoms with Crippen molar-refractivity contribution in [2.24, 2.45) is 5.92 Å². The summed E-state index contributed by atoms with van der Waals surface area (Å²) in [4.78, 5) is 33.2. The maximum absolute atomic E-state index is 12.9. The minimum absolute atomic E-state index is 0.0150. The van der Waals surface area contributed by atoms with Crippen LogP contribution in [-0.4, -0.2) is 40.2 Å². The molecule has 0 bridgehead atoms. The first-order chi connectivity index (χ1) is 16.1. The van der Waals surface area contributed by atoms with E-state index in [0.29, 0.717) is 18.1 Å². The Morgan fingerprint density at radius 1 is 1.21 bits per heavy atom. The van der Waals surface area contributed by atoms with Gasteiger partial charge in [0.05, 0.1) is 12.3 Å².